The Hall–Kier alpha value is -1.92. The monoisotopic (exact) mass is 217 g/mol. The van der Waals surface area contributed by atoms with Crippen molar-refractivity contribution in [2.45, 2.75) is 6.43 Å². The molecule has 82 valence electrons. The van der Waals surface area contributed by atoms with Crippen molar-refractivity contribution in [1.82, 2.24) is 4.98 Å². The van der Waals surface area contributed by atoms with Gasteiger partial charge in [0.1, 0.15) is 0 Å². The van der Waals surface area contributed by atoms with Crippen molar-refractivity contribution in [2.24, 2.45) is 10.9 Å². The predicted molar refractivity (Wildman–Crippen MR) is 48.2 cm³/mol. The zero-order valence-electron chi connectivity index (χ0n) is 7.60. The molecule has 0 atom stereocenters. The van der Waals surface area contributed by atoms with Gasteiger partial charge < -0.3 is 15.7 Å². The van der Waals surface area contributed by atoms with E-state index in [1.54, 1.807) is 0 Å². The summed E-state index contributed by atoms with van der Waals surface area (Å²) in [6.07, 6.45) is -1.25. The number of rotatable bonds is 4. The summed E-state index contributed by atoms with van der Waals surface area (Å²) in [5, 5.41) is 11.2. The molecule has 0 aliphatic carbocycles. The average molecular weight is 217 g/mol. The molecule has 0 bridgehead atoms. The number of oxime groups is 1. The molecule has 15 heavy (non-hydrogen) atoms. The van der Waals surface area contributed by atoms with Crippen LogP contribution in [0, 0.1) is 0 Å². The maximum atomic E-state index is 11.9. The molecule has 0 spiro atoms. The topological polar surface area (TPSA) is 80.7 Å². The van der Waals surface area contributed by atoms with Gasteiger partial charge in [-0.1, -0.05) is 5.16 Å². The molecule has 0 unspecified atom stereocenters. The van der Waals surface area contributed by atoms with Crippen LogP contribution < -0.4 is 10.5 Å². The lowest BCUT2D eigenvalue weighted by Crippen LogP contribution is -2.17. The molecule has 5 nitrogen and oxygen atoms in total. The van der Waals surface area contributed by atoms with E-state index in [0.717, 1.165) is 0 Å². The van der Waals surface area contributed by atoms with E-state index in [1.165, 1.54) is 18.3 Å². The number of hydrogen-bond donors (Lipinski definition) is 2. The number of pyridine rings is 1. The largest absolute Gasteiger partial charge is 0.471 e. The molecule has 0 aromatic carbocycles. The molecule has 0 saturated carbocycles. The van der Waals surface area contributed by atoms with Gasteiger partial charge in [0.2, 0.25) is 5.88 Å². The first-order chi connectivity index (χ1) is 7.15. The Balaban J connectivity index is 2.87. The molecule has 0 fully saturated rings. The molecule has 1 heterocycles. The van der Waals surface area contributed by atoms with Crippen molar-refractivity contribution in [1.29, 1.82) is 0 Å². The maximum absolute atomic E-state index is 11.9. The summed E-state index contributed by atoms with van der Waals surface area (Å²) < 4.78 is 28.4. The van der Waals surface area contributed by atoms with Gasteiger partial charge in [0.25, 0.3) is 6.43 Å². The average Bonchev–Trinajstić information content (AvgIpc) is 2.25. The number of aromatic nitrogens is 1. The fraction of sp³-hybridized carbons (Fsp3) is 0.250. The lowest BCUT2D eigenvalue weighted by atomic mass is 10.2. The van der Waals surface area contributed by atoms with Crippen LogP contribution in [-0.2, 0) is 0 Å². The van der Waals surface area contributed by atoms with Crippen LogP contribution in [0.4, 0.5) is 8.78 Å². The normalized spacial score (nSPS) is 11.8. The molecule has 0 radical (unpaired) electrons. The fourth-order valence-electron chi connectivity index (χ4n) is 0.897. The highest BCUT2D eigenvalue weighted by Gasteiger charge is 2.11. The predicted octanol–water partition coefficient (Wildman–Crippen LogP) is 0.820. The molecule has 1 aromatic heterocycles. The Morgan fingerprint density at radius 3 is 3.00 bits per heavy atom. The van der Waals surface area contributed by atoms with Crippen molar-refractivity contribution < 1.29 is 18.7 Å². The highest BCUT2D eigenvalue weighted by Crippen LogP contribution is 2.14. The summed E-state index contributed by atoms with van der Waals surface area (Å²) in [5.74, 6) is -0.333. The third-order valence-electron chi connectivity index (χ3n) is 1.50. The Kier molecular flexibility index (Phi) is 3.78. The fourth-order valence-corrected chi connectivity index (χ4v) is 0.897. The second kappa shape index (κ2) is 5.08. The minimum Gasteiger partial charge on any atom is -0.471 e. The molecular formula is C8H9F2N3O2. The highest BCUT2D eigenvalue weighted by molar-refractivity contribution is 5.98. The van der Waals surface area contributed by atoms with Crippen LogP contribution in [0.2, 0.25) is 0 Å². The number of ether oxygens (including phenoxy) is 1. The van der Waals surface area contributed by atoms with Gasteiger partial charge in [0.05, 0.1) is 5.56 Å². The van der Waals surface area contributed by atoms with Gasteiger partial charge in [-0.3, -0.25) is 0 Å². The van der Waals surface area contributed by atoms with E-state index in [1.807, 2.05) is 0 Å². The molecule has 0 amide bonds. The van der Waals surface area contributed by atoms with Crippen LogP contribution in [0.25, 0.3) is 0 Å². The first kappa shape index (κ1) is 11.2. The van der Waals surface area contributed by atoms with Gasteiger partial charge in [-0.15, -0.1) is 0 Å². The Labute approximate surface area is 84.2 Å². The van der Waals surface area contributed by atoms with Crippen LogP contribution in [0.5, 0.6) is 5.88 Å². The molecular weight excluding hydrogens is 208 g/mol. The summed E-state index contributed by atoms with van der Waals surface area (Å²) >= 11 is 0. The molecule has 0 aliphatic heterocycles. The number of amidine groups is 1. The van der Waals surface area contributed by atoms with Crippen LogP contribution in [0.15, 0.2) is 23.5 Å². The van der Waals surface area contributed by atoms with Crippen LogP contribution in [0.1, 0.15) is 5.56 Å². The van der Waals surface area contributed by atoms with Gasteiger partial charge in [-0.2, -0.15) is 0 Å². The van der Waals surface area contributed by atoms with E-state index in [9.17, 15) is 8.78 Å². The van der Waals surface area contributed by atoms with Crippen molar-refractivity contribution in [3.05, 3.63) is 23.9 Å². The van der Waals surface area contributed by atoms with Gasteiger partial charge in [0, 0.05) is 6.20 Å². The first-order valence-corrected chi connectivity index (χ1v) is 3.99. The summed E-state index contributed by atoms with van der Waals surface area (Å²) in [4.78, 5) is 3.69. The van der Waals surface area contributed by atoms with Crippen molar-refractivity contribution in [3.8, 4) is 5.88 Å². The Bertz CT molecular complexity index is 357. The molecule has 3 N–H and O–H groups in total. The minimum atomic E-state index is -2.60. The smallest absolute Gasteiger partial charge is 0.272 e. The second-order valence-corrected chi connectivity index (χ2v) is 2.54. The number of nitrogens with two attached hydrogens (primary N) is 1. The molecule has 0 saturated heterocycles. The van der Waals surface area contributed by atoms with E-state index >= 15 is 0 Å². The van der Waals surface area contributed by atoms with Gasteiger partial charge >= 0.3 is 0 Å². The number of alkyl halides is 2. The highest BCUT2D eigenvalue weighted by atomic mass is 19.3. The van der Waals surface area contributed by atoms with E-state index in [-0.39, 0.29) is 17.3 Å². The van der Waals surface area contributed by atoms with Gasteiger partial charge in [-0.25, -0.2) is 13.8 Å². The molecule has 1 rings (SSSR count). The molecule has 7 heteroatoms. The van der Waals surface area contributed by atoms with Gasteiger partial charge in [-0.05, 0) is 12.1 Å². The minimum absolute atomic E-state index is 0.0897. The maximum Gasteiger partial charge on any atom is 0.272 e. The van der Waals surface area contributed by atoms with E-state index in [2.05, 4.69) is 14.9 Å². The second-order valence-electron chi connectivity index (χ2n) is 2.54. The first-order valence-electron chi connectivity index (χ1n) is 3.99. The lowest BCUT2D eigenvalue weighted by Gasteiger charge is -2.07. The van der Waals surface area contributed by atoms with Crippen molar-refractivity contribution in [3.63, 3.8) is 0 Å². The van der Waals surface area contributed by atoms with E-state index in [4.69, 9.17) is 10.9 Å². The van der Waals surface area contributed by atoms with Crippen LogP contribution >= 0.6 is 0 Å². The standard InChI is InChI=1S/C8H9F2N3O2/c9-6(10)4-15-8-5(7(11)13-14)2-1-3-12-8/h1-3,6,14H,4H2,(H2,11,13). The summed E-state index contributed by atoms with van der Waals surface area (Å²) in [6, 6.07) is 2.96. The SMILES string of the molecule is N/C(=N/O)c1cccnc1OCC(F)F. The van der Waals surface area contributed by atoms with Crippen LogP contribution in [-0.4, -0.2) is 29.1 Å². The lowest BCUT2D eigenvalue weighted by molar-refractivity contribution is 0.0795. The summed E-state index contributed by atoms with van der Waals surface area (Å²) in [6.45, 7) is -0.789. The number of halogens is 2. The molecule has 0 aliphatic rings. The van der Waals surface area contributed by atoms with Crippen LogP contribution in [0.3, 0.4) is 0 Å². The van der Waals surface area contributed by atoms with E-state index < -0.39 is 13.0 Å². The number of nitrogens with zero attached hydrogens (tertiary/aromatic N) is 2. The zero-order valence-corrected chi connectivity index (χ0v) is 7.60. The zero-order chi connectivity index (χ0) is 11.3. The van der Waals surface area contributed by atoms with Gasteiger partial charge in [0.15, 0.2) is 12.4 Å². The molecule has 1 aromatic rings. The van der Waals surface area contributed by atoms with Crippen molar-refractivity contribution >= 4 is 5.84 Å². The quantitative estimate of drug-likeness (QED) is 0.338. The van der Waals surface area contributed by atoms with Crippen molar-refractivity contribution in [2.75, 3.05) is 6.61 Å². The Morgan fingerprint density at radius 1 is 1.67 bits per heavy atom. The Morgan fingerprint density at radius 2 is 2.40 bits per heavy atom. The summed E-state index contributed by atoms with van der Waals surface area (Å²) in [7, 11) is 0. The summed E-state index contributed by atoms with van der Waals surface area (Å²) in [5.41, 5.74) is 5.46. The third kappa shape index (κ3) is 3.04. The van der Waals surface area contributed by atoms with E-state index in [0.29, 0.717) is 0 Å². The third-order valence-corrected chi connectivity index (χ3v) is 1.50. The number of hydrogen-bond acceptors (Lipinski definition) is 4.